The number of furan rings is 1. The van der Waals surface area contributed by atoms with Gasteiger partial charge in [-0.25, -0.2) is 4.98 Å². The fourth-order valence-corrected chi connectivity index (χ4v) is 2.80. The van der Waals surface area contributed by atoms with Crippen LogP contribution < -0.4 is 5.32 Å². The highest BCUT2D eigenvalue weighted by Gasteiger charge is 2.50. The van der Waals surface area contributed by atoms with Crippen LogP contribution in [0.4, 0.5) is 0 Å². The summed E-state index contributed by atoms with van der Waals surface area (Å²) in [4.78, 5) is 27.2. The molecule has 2 heterocycles. The van der Waals surface area contributed by atoms with Crippen LogP contribution >= 0.6 is 11.3 Å². The number of carboxylic acids is 1. The van der Waals surface area contributed by atoms with Gasteiger partial charge in [0, 0.05) is 11.9 Å². The molecule has 1 fully saturated rings. The number of hydrogen-bond donors (Lipinski definition) is 2. The summed E-state index contributed by atoms with van der Waals surface area (Å²) in [6, 6.07) is 3.59. The van der Waals surface area contributed by atoms with Crippen LogP contribution in [0.2, 0.25) is 0 Å². The lowest BCUT2D eigenvalue weighted by Crippen LogP contribution is -2.35. The highest BCUT2D eigenvalue weighted by molar-refractivity contribution is 7.13. The maximum atomic E-state index is 11.8. The van der Waals surface area contributed by atoms with Crippen molar-refractivity contribution >= 4 is 23.2 Å². The number of carbonyl (C=O) groups is 2. The average Bonchev–Trinajstić information content (AvgIpc) is 2.88. The molecule has 0 radical (unpaired) electrons. The Morgan fingerprint density at radius 2 is 2.29 bits per heavy atom. The molecule has 0 saturated heterocycles. The topological polar surface area (TPSA) is 92.4 Å². The van der Waals surface area contributed by atoms with Crippen molar-refractivity contribution in [2.24, 2.45) is 5.41 Å². The lowest BCUT2D eigenvalue weighted by Gasteiger charge is -2.10. The zero-order chi connectivity index (χ0) is 14.9. The van der Waals surface area contributed by atoms with Gasteiger partial charge in [-0.15, -0.1) is 11.3 Å². The lowest BCUT2D eigenvalue weighted by molar-refractivity contribution is -0.143. The van der Waals surface area contributed by atoms with Gasteiger partial charge < -0.3 is 14.8 Å². The molecule has 0 aromatic carbocycles. The molecule has 0 aliphatic heterocycles. The first kappa shape index (κ1) is 13.8. The van der Waals surface area contributed by atoms with Gasteiger partial charge >= 0.3 is 5.97 Å². The van der Waals surface area contributed by atoms with E-state index >= 15 is 0 Å². The molecular formula is C14H14N2O4S. The summed E-state index contributed by atoms with van der Waals surface area (Å²) < 4.78 is 5.25. The molecule has 110 valence electrons. The molecule has 1 saturated carbocycles. The van der Waals surface area contributed by atoms with E-state index in [4.69, 9.17) is 9.52 Å². The molecule has 21 heavy (non-hydrogen) atoms. The molecule has 0 atom stereocenters. The van der Waals surface area contributed by atoms with Gasteiger partial charge in [-0.2, -0.15) is 0 Å². The van der Waals surface area contributed by atoms with Crippen LogP contribution in [-0.4, -0.2) is 28.5 Å². The van der Waals surface area contributed by atoms with Crippen LogP contribution in [0.25, 0.3) is 10.8 Å². The van der Waals surface area contributed by atoms with Gasteiger partial charge in [0.1, 0.15) is 0 Å². The molecule has 6 nitrogen and oxygen atoms in total. The van der Waals surface area contributed by atoms with Crippen molar-refractivity contribution in [1.82, 2.24) is 10.3 Å². The normalized spacial score (nSPS) is 15.6. The predicted octanol–water partition coefficient (Wildman–Crippen LogP) is 1.93. The quantitative estimate of drug-likeness (QED) is 0.850. The van der Waals surface area contributed by atoms with Crippen molar-refractivity contribution in [3.63, 3.8) is 0 Å². The molecule has 1 amide bonds. The Kier molecular flexibility index (Phi) is 3.50. The van der Waals surface area contributed by atoms with E-state index in [1.807, 2.05) is 11.4 Å². The van der Waals surface area contributed by atoms with Crippen LogP contribution in [0.15, 0.2) is 28.2 Å². The second-order valence-electron chi connectivity index (χ2n) is 5.16. The first-order valence-electron chi connectivity index (χ1n) is 6.57. The smallest absolute Gasteiger partial charge is 0.311 e. The molecule has 2 aromatic rings. The van der Waals surface area contributed by atoms with Crippen molar-refractivity contribution in [2.45, 2.75) is 19.3 Å². The largest absolute Gasteiger partial charge is 0.481 e. The number of carboxylic acid groups (broad SMARTS) is 1. The Bertz CT molecular complexity index is 658. The number of aromatic nitrogens is 1. The van der Waals surface area contributed by atoms with E-state index in [1.165, 1.54) is 11.3 Å². The third kappa shape index (κ3) is 2.97. The highest BCUT2D eigenvalue weighted by atomic mass is 32.1. The fraction of sp³-hybridized carbons (Fsp3) is 0.357. The summed E-state index contributed by atoms with van der Waals surface area (Å²) >= 11 is 1.41. The average molecular weight is 306 g/mol. The Morgan fingerprint density at radius 1 is 1.48 bits per heavy atom. The number of rotatable bonds is 6. The third-order valence-electron chi connectivity index (χ3n) is 3.56. The van der Waals surface area contributed by atoms with E-state index in [-0.39, 0.29) is 18.9 Å². The summed E-state index contributed by atoms with van der Waals surface area (Å²) in [6.07, 6.45) is 2.97. The van der Waals surface area contributed by atoms with E-state index in [0.717, 1.165) is 5.01 Å². The molecule has 2 N–H and O–H groups in total. The van der Waals surface area contributed by atoms with Gasteiger partial charge in [-0.3, -0.25) is 9.59 Å². The number of amides is 1. The summed E-state index contributed by atoms with van der Waals surface area (Å²) in [5, 5.41) is 14.3. The first-order chi connectivity index (χ1) is 10.1. The number of hydrogen-bond acceptors (Lipinski definition) is 5. The fourth-order valence-electron chi connectivity index (χ4n) is 2.01. The minimum atomic E-state index is -0.837. The standard InChI is InChI=1S/C14H14N2O4S/c17-11(15-8-14(3-4-14)13(18)19)6-9-7-21-12(16-9)10-2-1-5-20-10/h1-2,5,7H,3-4,6,8H2,(H,15,17)(H,18,19). The van der Waals surface area contributed by atoms with Crippen molar-refractivity contribution in [1.29, 1.82) is 0 Å². The molecule has 2 aromatic heterocycles. The van der Waals surface area contributed by atoms with Gasteiger partial charge in [0.25, 0.3) is 0 Å². The number of thiazole rings is 1. The molecule has 7 heteroatoms. The maximum Gasteiger partial charge on any atom is 0.311 e. The van der Waals surface area contributed by atoms with E-state index in [1.54, 1.807) is 12.3 Å². The molecule has 1 aliphatic carbocycles. The van der Waals surface area contributed by atoms with E-state index in [9.17, 15) is 9.59 Å². The van der Waals surface area contributed by atoms with Crippen LogP contribution in [0.3, 0.4) is 0 Å². The van der Waals surface area contributed by atoms with E-state index < -0.39 is 11.4 Å². The SMILES string of the molecule is O=C(Cc1csc(-c2ccco2)n1)NCC1(C(=O)O)CC1. The second kappa shape index (κ2) is 5.33. The summed E-state index contributed by atoms with van der Waals surface area (Å²) in [5.74, 6) is -0.371. The maximum absolute atomic E-state index is 11.8. The first-order valence-corrected chi connectivity index (χ1v) is 7.45. The number of nitrogens with one attached hydrogen (secondary N) is 1. The molecule has 0 bridgehead atoms. The van der Waals surface area contributed by atoms with Crippen molar-refractivity contribution in [3.05, 3.63) is 29.5 Å². The predicted molar refractivity (Wildman–Crippen MR) is 75.8 cm³/mol. The molecular weight excluding hydrogens is 292 g/mol. The van der Waals surface area contributed by atoms with Gasteiger partial charge in [-0.05, 0) is 25.0 Å². The summed E-state index contributed by atoms with van der Waals surface area (Å²) in [5.41, 5.74) is -0.0825. The van der Waals surface area contributed by atoms with Crippen LogP contribution in [0.5, 0.6) is 0 Å². The minimum Gasteiger partial charge on any atom is -0.481 e. The second-order valence-corrected chi connectivity index (χ2v) is 6.02. The van der Waals surface area contributed by atoms with Crippen molar-refractivity contribution in [3.8, 4) is 10.8 Å². The van der Waals surface area contributed by atoms with Gasteiger partial charge in [-0.1, -0.05) is 0 Å². The Labute approximate surface area is 124 Å². The lowest BCUT2D eigenvalue weighted by atomic mass is 10.1. The molecule has 3 rings (SSSR count). The zero-order valence-electron chi connectivity index (χ0n) is 11.2. The van der Waals surface area contributed by atoms with E-state index in [2.05, 4.69) is 10.3 Å². The third-order valence-corrected chi connectivity index (χ3v) is 4.46. The van der Waals surface area contributed by atoms with Gasteiger partial charge in [0.15, 0.2) is 10.8 Å². The van der Waals surface area contributed by atoms with Crippen LogP contribution in [0.1, 0.15) is 18.5 Å². The Morgan fingerprint density at radius 3 is 2.90 bits per heavy atom. The van der Waals surface area contributed by atoms with E-state index in [0.29, 0.717) is 24.3 Å². The molecule has 0 spiro atoms. The number of carbonyl (C=O) groups excluding carboxylic acids is 1. The van der Waals surface area contributed by atoms with Crippen LogP contribution in [0, 0.1) is 5.41 Å². The number of nitrogens with zero attached hydrogens (tertiary/aromatic N) is 1. The van der Waals surface area contributed by atoms with Crippen molar-refractivity contribution < 1.29 is 19.1 Å². The highest BCUT2D eigenvalue weighted by Crippen LogP contribution is 2.45. The van der Waals surface area contributed by atoms with Gasteiger partial charge in [0.2, 0.25) is 5.91 Å². The Balaban J connectivity index is 1.55. The Hall–Kier alpha value is -2.15. The van der Waals surface area contributed by atoms with Crippen molar-refractivity contribution in [2.75, 3.05) is 6.54 Å². The van der Waals surface area contributed by atoms with Crippen LogP contribution in [-0.2, 0) is 16.0 Å². The zero-order valence-corrected chi connectivity index (χ0v) is 12.0. The monoisotopic (exact) mass is 306 g/mol. The number of aliphatic carboxylic acids is 1. The summed E-state index contributed by atoms with van der Waals surface area (Å²) in [7, 11) is 0. The minimum absolute atomic E-state index is 0.146. The molecule has 1 aliphatic rings. The molecule has 0 unspecified atom stereocenters. The van der Waals surface area contributed by atoms with Gasteiger partial charge in [0.05, 0.1) is 23.8 Å². The summed E-state index contributed by atoms with van der Waals surface area (Å²) in [6.45, 7) is 0.191.